The maximum Gasteiger partial charge on any atom is 0.248 e. The summed E-state index contributed by atoms with van der Waals surface area (Å²) in [6.45, 7) is 5.44. The number of hydrogen-bond donors (Lipinski definition) is 0. The first-order chi connectivity index (χ1) is 16.1. The second-order valence-corrected chi connectivity index (χ2v) is 11.5. The molecule has 0 N–H and O–H groups in total. The molecule has 12 heteroatoms. The summed E-state index contributed by atoms with van der Waals surface area (Å²) in [5.41, 5.74) is 0. The molecule has 0 aliphatic carbocycles. The van der Waals surface area contributed by atoms with Crippen LogP contribution in [-0.4, -0.2) is 120 Å². The molecule has 0 spiro atoms. The molecule has 1 aromatic rings. The molecule has 0 atom stereocenters. The van der Waals surface area contributed by atoms with Gasteiger partial charge in [-0.15, -0.1) is 0 Å². The maximum absolute atomic E-state index is 12.9. The number of nitrogens with zero attached hydrogens (tertiary/aromatic N) is 4. The Morgan fingerprint density at radius 3 is 2.24 bits per heavy atom. The summed E-state index contributed by atoms with van der Waals surface area (Å²) in [4.78, 5) is 19.0. The summed E-state index contributed by atoms with van der Waals surface area (Å²) >= 11 is 12.3. The molecule has 9 nitrogen and oxygen atoms in total. The quantitative estimate of drug-likeness (QED) is 0.445. The van der Waals surface area contributed by atoms with E-state index in [2.05, 4.69) is 16.8 Å². The third-order valence-corrected chi connectivity index (χ3v) is 9.30. The van der Waals surface area contributed by atoms with Crippen molar-refractivity contribution in [2.45, 2.75) is 23.8 Å². The number of hydrogen-bond acceptors (Lipinski definition) is 7. The molecule has 34 heavy (non-hydrogen) atoms. The smallest absolute Gasteiger partial charge is 0.248 e. The maximum atomic E-state index is 12.9. The number of amides is 1. The molecular formula is C22H34Cl2N4O5S. The van der Waals surface area contributed by atoms with Gasteiger partial charge in [0.1, 0.15) is 17.3 Å². The van der Waals surface area contributed by atoms with Crippen LogP contribution in [0.5, 0.6) is 5.75 Å². The molecule has 0 unspecified atom stereocenters. The van der Waals surface area contributed by atoms with Crippen LogP contribution in [0, 0.1) is 0 Å². The normalized spacial score (nSPS) is 19.1. The van der Waals surface area contributed by atoms with Gasteiger partial charge in [0.15, 0.2) is 0 Å². The van der Waals surface area contributed by atoms with Crippen LogP contribution in [0.2, 0.25) is 10.0 Å². The van der Waals surface area contributed by atoms with Crippen molar-refractivity contribution in [3.63, 3.8) is 0 Å². The van der Waals surface area contributed by atoms with Crippen molar-refractivity contribution in [3.05, 3.63) is 22.2 Å². The molecule has 192 valence electrons. The van der Waals surface area contributed by atoms with E-state index < -0.39 is 10.0 Å². The summed E-state index contributed by atoms with van der Waals surface area (Å²) in [6, 6.07) is 3.40. The van der Waals surface area contributed by atoms with Crippen LogP contribution >= 0.6 is 23.2 Å². The van der Waals surface area contributed by atoms with Crippen LogP contribution in [-0.2, 0) is 19.6 Å². The van der Waals surface area contributed by atoms with Crippen molar-refractivity contribution in [2.75, 3.05) is 80.2 Å². The fourth-order valence-corrected chi connectivity index (χ4v) is 6.61. The van der Waals surface area contributed by atoms with Crippen molar-refractivity contribution in [3.8, 4) is 5.75 Å². The van der Waals surface area contributed by atoms with Gasteiger partial charge in [0.2, 0.25) is 15.9 Å². The molecule has 0 bridgehead atoms. The molecule has 1 amide bonds. The predicted octanol–water partition coefficient (Wildman–Crippen LogP) is 1.88. The number of carbonyl (C=O) groups excluding carboxylic acids is 1. The summed E-state index contributed by atoms with van der Waals surface area (Å²) < 4.78 is 37.5. The molecule has 0 radical (unpaired) electrons. The third-order valence-electron chi connectivity index (χ3n) is 6.52. The van der Waals surface area contributed by atoms with Gasteiger partial charge in [0.25, 0.3) is 0 Å². The van der Waals surface area contributed by atoms with E-state index in [-0.39, 0.29) is 40.6 Å². The summed E-state index contributed by atoms with van der Waals surface area (Å²) in [6.07, 6.45) is 2.36. The minimum Gasteiger partial charge on any atom is -0.497 e. The number of carbonyl (C=O) groups is 1. The number of rotatable bonds is 9. The Kier molecular flexibility index (Phi) is 9.85. The van der Waals surface area contributed by atoms with Crippen LogP contribution in [0.1, 0.15) is 12.8 Å². The second kappa shape index (κ2) is 12.2. The van der Waals surface area contributed by atoms with Crippen molar-refractivity contribution in [1.82, 2.24) is 19.0 Å². The van der Waals surface area contributed by atoms with E-state index in [4.69, 9.17) is 32.7 Å². The van der Waals surface area contributed by atoms with Crippen LogP contribution in [0.3, 0.4) is 0 Å². The highest BCUT2D eigenvalue weighted by Gasteiger charge is 2.29. The fraction of sp³-hybridized carbons (Fsp3) is 0.682. The fourth-order valence-electron chi connectivity index (χ4n) is 4.32. The van der Waals surface area contributed by atoms with E-state index in [1.54, 1.807) is 0 Å². The van der Waals surface area contributed by atoms with Gasteiger partial charge in [0, 0.05) is 57.9 Å². The van der Waals surface area contributed by atoms with Gasteiger partial charge in [0.05, 0.1) is 23.8 Å². The van der Waals surface area contributed by atoms with Crippen molar-refractivity contribution in [2.24, 2.45) is 0 Å². The Hall–Kier alpha value is -1.14. The Bertz CT molecular complexity index is 926. The monoisotopic (exact) mass is 536 g/mol. The molecule has 2 saturated heterocycles. The molecule has 0 saturated carbocycles. The van der Waals surface area contributed by atoms with Crippen LogP contribution in [0.25, 0.3) is 0 Å². The van der Waals surface area contributed by atoms with Crippen LogP contribution in [0.4, 0.5) is 0 Å². The number of methoxy groups -OCH3 is 1. The summed E-state index contributed by atoms with van der Waals surface area (Å²) in [5, 5.41) is -0.0432. The number of piperidine rings is 1. The van der Waals surface area contributed by atoms with E-state index in [9.17, 15) is 13.2 Å². The SMILES string of the molecule is COc1cc(Cl)c(S(=O)(=O)N(C)CCOCC(=O)N2CCN(C3CCN(C)CC3)CC2)c(Cl)c1. The molecular weight excluding hydrogens is 503 g/mol. The van der Waals surface area contributed by atoms with Gasteiger partial charge in [-0.25, -0.2) is 8.42 Å². The number of likely N-dealkylation sites (tertiary alicyclic amines) is 1. The zero-order valence-corrected chi connectivity index (χ0v) is 22.3. The van der Waals surface area contributed by atoms with Crippen molar-refractivity contribution >= 4 is 39.1 Å². The summed E-state index contributed by atoms with van der Waals surface area (Å²) in [7, 11) is 1.08. The van der Waals surface area contributed by atoms with Gasteiger partial charge >= 0.3 is 0 Å². The Morgan fingerprint density at radius 1 is 1.09 bits per heavy atom. The van der Waals surface area contributed by atoms with Crippen molar-refractivity contribution < 1.29 is 22.7 Å². The number of piperazine rings is 1. The Balaban J connectivity index is 1.42. The zero-order valence-electron chi connectivity index (χ0n) is 20.0. The van der Waals surface area contributed by atoms with Gasteiger partial charge in [-0.1, -0.05) is 23.2 Å². The third kappa shape index (κ3) is 6.75. The van der Waals surface area contributed by atoms with E-state index in [1.807, 2.05) is 4.90 Å². The molecule has 2 aliphatic heterocycles. The number of benzene rings is 1. The molecule has 2 aliphatic rings. The van der Waals surface area contributed by atoms with Crippen LogP contribution < -0.4 is 4.74 Å². The number of halogens is 2. The zero-order chi connectivity index (χ0) is 24.9. The molecule has 2 fully saturated rings. The van der Waals surface area contributed by atoms with Gasteiger partial charge in [-0.05, 0) is 33.0 Å². The predicted molar refractivity (Wildman–Crippen MR) is 132 cm³/mol. The van der Waals surface area contributed by atoms with E-state index in [0.717, 1.165) is 30.5 Å². The number of likely N-dealkylation sites (N-methyl/N-ethyl adjacent to an activating group) is 1. The topological polar surface area (TPSA) is 82.6 Å². The minimum atomic E-state index is -3.94. The minimum absolute atomic E-state index is 0.0216. The molecule has 3 rings (SSSR count). The lowest BCUT2D eigenvalue weighted by Crippen LogP contribution is -2.54. The van der Waals surface area contributed by atoms with Gasteiger partial charge < -0.3 is 19.3 Å². The number of sulfonamides is 1. The molecule has 1 aromatic carbocycles. The van der Waals surface area contributed by atoms with E-state index in [1.165, 1.54) is 39.1 Å². The molecule has 2 heterocycles. The van der Waals surface area contributed by atoms with E-state index in [0.29, 0.717) is 24.9 Å². The summed E-state index contributed by atoms with van der Waals surface area (Å²) in [5.74, 6) is 0.292. The van der Waals surface area contributed by atoms with Gasteiger partial charge in [-0.3, -0.25) is 9.69 Å². The second-order valence-electron chi connectivity index (χ2n) is 8.75. The number of ether oxygens (including phenoxy) is 2. The first kappa shape index (κ1) is 27.4. The van der Waals surface area contributed by atoms with E-state index >= 15 is 0 Å². The highest BCUT2D eigenvalue weighted by Crippen LogP contribution is 2.35. The first-order valence-electron chi connectivity index (χ1n) is 11.4. The highest BCUT2D eigenvalue weighted by molar-refractivity contribution is 7.89. The highest BCUT2D eigenvalue weighted by atomic mass is 35.5. The average Bonchev–Trinajstić information content (AvgIpc) is 2.81. The Labute approximate surface area is 212 Å². The first-order valence-corrected chi connectivity index (χ1v) is 13.6. The largest absolute Gasteiger partial charge is 0.497 e. The van der Waals surface area contributed by atoms with Crippen LogP contribution in [0.15, 0.2) is 17.0 Å². The molecule has 0 aromatic heterocycles. The van der Waals surface area contributed by atoms with Gasteiger partial charge in [-0.2, -0.15) is 4.31 Å². The standard InChI is InChI=1S/C22H34Cl2N4O5S/c1-25-6-4-17(5-7-25)27-8-10-28(11-9-27)21(29)16-33-13-12-26(2)34(30,31)22-19(23)14-18(32-3)15-20(22)24/h14-15,17H,4-13,16H2,1-3H3. The lowest BCUT2D eigenvalue weighted by molar-refractivity contribution is -0.138. The lowest BCUT2D eigenvalue weighted by Gasteiger charge is -2.42. The average molecular weight is 538 g/mol. The Morgan fingerprint density at radius 2 is 1.68 bits per heavy atom. The lowest BCUT2D eigenvalue weighted by atomic mass is 10.0. The van der Waals surface area contributed by atoms with Crippen molar-refractivity contribution in [1.29, 1.82) is 0 Å².